The fourth-order valence-electron chi connectivity index (χ4n) is 2.15. The number of hydrogen-bond donors (Lipinski definition) is 0. The summed E-state index contributed by atoms with van der Waals surface area (Å²) in [4.78, 5) is 11.2. The molecule has 0 bridgehead atoms. The highest BCUT2D eigenvalue weighted by atomic mass is 16.6. The maximum absolute atomic E-state index is 11.2. The summed E-state index contributed by atoms with van der Waals surface area (Å²) >= 11 is 0. The Morgan fingerprint density at radius 1 is 0.833 bits per heavy atom. The molecule has 0 unspecified atom stereocenters. The highest BCUT2D eigenvalue weighted by Crippen LogP contribution is 2.39. The van der Waals surface area contributed by atoms with Crippen molar-refractivity contribution >= 4 is 18.1 Å². The maximum Gasteiger partial charge on any atom is 0.308 e. The molecular formula is C19H20O5. The summed E-state index contributed by atoms with van der Waals surface area (Å²) in [6, 6.07) is 11.3. The van der Waals surface area contributed by atoms with Gasteiger partial charge in [-0.2, -0.15) is 0 Å². The molecule has 126 valence electrons. The van der Waals surface area contributed by atoms with E-state index in [2.05, 4.69) is 0 Å². The molecule has 2 aromatic carbocycles. The second kappa shape index (κ2) is 8.06. The molecule has 5 nitrogen and oxygen atoms in total. The molecule has 0 aromatic heterocycles. The van der Waals surface area contributed by atoms with Crippen molar-refractivity contribution < 1.29 is 23.7 Å². The van der Waals surface area contributed by atoms with E-state index < -0.39 is 5.97 Å². The van der Waals surface area contributed by atoms with Crippen LogP contribution in [0.1, 0.15) is 18.1 Å². The standard InChI is InChI=1S/C19H20O5/c1-13(20)24-19-17(22-3)11-15(12-18(19)23-4)6-5-14-7-9-16(21-2)10-8-14/h5-12H,1-4H3/b6-5+. The van der Waals surface area contributed by atoms with Gasteiger partial charge in [-0.1, -0.05) is 24.3 Å². The van der Waals surface area contributed by atoms with Crippen LogP contribution in [0.5, 0.6) is 23.0 Å². The minimum absolute atomic E-state index is 0.272. The molecule has 2 aromatic rings. The van der Waals surface area contributed by atoms with E-state index >= 15 is 0 Å². The third-order valence-electron chi connectivity index (χ3n) is 3.31. The molecular weight excluding hydrogens is 308 g/mol. The van der Waals surface area contributed by atoms with E-state index in [-0.39, 0.29) is 5.75 Å². The van der Waals surface area contributed by atoms with Gasteiger partial charge in [-0.15, -0.1) is 0 Å². The van der Waals surface area contributed by atoms with Crippen molar-refractivity contribution in [1.82, 2.24) is 0 Å². The van der Waals surface area contributed by atoms with Crippen molar-refractivity contribution in [2.45, 2.75) is 6.92 Å². The van der Waals surface area contributed by atoms with Gasteiger partial charge in [-0.25, -0.2) is 0 Å². The predicted octanol–water partition coefficient (Wildman–Crippen LogP) is 3.81. The normalized spacial score (nSPS) is 10.5. The third kappa shape index (κ3) is 4.29. The summed E-state index contributed by atoms with van der Waals surface area (Å²) in [7, 11) is 4.66. The van der Waals surface area contributed by atoms with Crippen LogP contribution in [0.15, 0.2) is 36.4 Å². The lowest BCUT2D eigenvalue weighted by Crippen LogP contribution is -2.05. The van der Waals surface area contributed by atoms with Crippen LogP contribution in [-0.2, 0) is 4.79 Å². The van der Waals surface area contributed by atoms with E-state index in [9.17, 15) is 4.79 Å². The molecule has 0 atom stereocenters. The smallest absolute Gasteiger partial charge is 0.308 e. The quantitative estimate of drug-likeness (QED) is 0.458. The van der Waals surface area contributed by atoms with Crippen molar-refractivity contribution in [3.63, 3.8) is 0 Å². The summed E-state index contributed by atoms with van der Waals surface area (Å²) < 4.78 is 20.9. The molecule has 24 heavy (non-hydrogen) atoms. The van der Waals surface area contributed by atoms with Crippen LogP contribution < -0.4 is 18.9 Å². The highest BCUT2D eigenvalue weighted by Gasteiger charge is 2.15. The molecule has 0 spiro atoms. The number of rotatable bonds is 6. The number of hydrogen-bond acceptors (Lipinski definition) is 5. The first kappa shape index (κ1) is 17.4. The van der Waals surface area contributed by atoms with Gasteiger partial charge in [-0.3, -0.25) is 4.79 Å². The molecule has 0 amide bonds. The number of ether oxygens (including phenoxy) is 4. The van der Waals surface area contributed by atoms with Gasteiger partial charge in [0.15, 0.2) is 11.5 Å². The number of methoxy groups -OCH3 is 3. The largest absolute Gasteiger partial charge is 0.497 e. The molecule has 0 aliphatic carbocycles. The van der Waals surface area contributed by atoms with Crippen molar-refractivity contribution in [2.24, 2.45) is 0 Å². The van der Waals surface area contributed by atoms with E-state index in [4.69, 9.17) is 18.9 Å². The Hall–Kier alpha value is -2.95. The van der Waals surface area contributed by atoms with Gasteiger partial charge in [-0.05, 0) is 35.4 Å². The van der Waals surface area contributed by atoms with Crippen LogP contribution in [0.4, 0.5) is 0 Å². The monoisotopic (exact) mass is 328 g/mol. The number of benzene rings is 2. The lowest BCUT2D eigenvalue weighted by Gasteiger charge is -2.13. The number of esters is 1. The second-order valence-electron chi connectivity index (χ2n) is 4.95. The molecule has 5 heteroatoms. The predicted molar refractivity (Wildman–Crippen MR) is 92.8 cm³/mol. The van der Waals surface area contributed by atoms with Crippen LogP contribution in [0.3, 0.4) is 0 Å². The topological polar surface area (TPSA) is 54.0 Å². The lowest BCUT2D eigenvalue weighted by atomic mass is 10.1. The first-order chi connectivity index (χ1) is 11.6. The molecule has 0 fully saturated rings. The van der Waals surface area contributed by atoms with Gasteiger partial charge in [0.25, 0.3) is 0 Å². The second-order valence-corrected chi connectivity index (χ2v) is 4.95. The molecule has 0 saturated heterocycles. The molecule has 0 aliphatic rings. The van der Waals surface area contributed by atoms with Crippen molar-refractivity contribution in [2.75, 3.05) is 21.3 Å². The van der Waals surface area contributed by atoms with Gasteiger partial charge in [0, 0.05) is 6.92 Å². The van der Waals surface area contributed by atoms with Crippen LogP contribution in [0, 0.1) is 0 Å². The summed E-state index contributed by atoms with van der Waals surface area (Å²) in [5, 5.41) is 0. The third-order valence-corrected chi connectivity index (χ3v) is 3.31. The fourth-order valence-corrected chi connectivity index (χ4v) is 2.15. The van der Waals surface area contributed by atoms with Crippen LogP contribution in [-0.4, -0.2) is 27.3 Å². The van der Waals surface area contributed by atoms with Crippen LogP contribution in [0.2, 0.25) is 0 Å². The molecule has 0 aliphatic heterocycles. The lowest BCUT2D eigenvalue weighted by molar-refractivity contribution is -0.132. The zero-order valence-corrected chi connectivity index (χ0v) is 14.2. The Labute approximate surface area is 141 Å². The Bertz CT molecular complexity index is 707. The Kier molecular flexibility index (Phi) is 5.84. The number of carbonyl (C=O) groups is 1. The maximum atomic E-state index is 11.2. The van der Waals surface area contributed by atoms with Gasteiger partial charge < -0.3 is 18.9 Å². The van der Waals surface area contributed by atoms with Gasteiger partial charge in [0.2, 0.25) is 5.75 Å². The van der Waals surface area contributed by atoms with E-state index in [0.29, 0.717) is 11.5 Å². The van der Waals surface area contributed by atoms with E-state index in [1.54, 1.807) is 19.2 Å². The minimum atomic E-state index is -0.437. The van der Waals surface area contributed by atoms with Gasteiger partial charge in [0.1, 0.15) is 5.75 Å². The molecule has 0 heterocycles. The Balaban J connectivity index is 2.32. The molecule has 0 N–H and O–H groups in total. The molecule has 0 saturated carbocycles. The van der Waals surface area contributed by atoms with Crippen molar-refractivity contribution in [3.05, 3.63) is 47.5 Å². The highest BCUT2D eigenvalue weighted by molar-refractivity contribution is 5.76. The molecule has 0 radical (unpaired) electrons. The molecule has 2 rings (SSSR count). The van der Waals surface area contributed by atoms with Crippen molar-refractivity contribution in [3.8, 4) is 23.0 Å². The zero-order valence-electron chi connectivity index (χ0n) is 14.2. The van der Waals surface area contributed by atoms with Crippen LogP contribution >= 0.6 is 0 Å². The summed E-state index contributed by atoms with van der Waals surface area (Å²) in [6.07, 6.45) is 3.88. The average molecular weight is 328 g/mol. The number of carbonyl (C=O) groups excluding carboxylic acids is 1. The first-order valence-electron chi connectivity index (χ1n) is 7.34. The summed E-state index contributed by atoms with van der Waals surface area (Å²) in [6.45, 7) is 1.33. The first-order valence-corrected chi connectivity index (χ1v) is 7.34. The van der Waals surface area contributed by atoms with Gasteiger partial charge in [0.05, 0.1) is 21.3 Å². The van der Waals surface area contributed by atoms with E-state index in [1.165, 1.54) is 21.1 Å². The fraction of sp³-hybridized carbons (Fsp3) is 0.211. The summed E-state index contributed by atoms with van der Waals surface area (Å²) in [5.74, 6) is 1.50. The van der Waals surface area contributed by atoms with Gasteiger partial charge >= 0.3 is 5.97 Å². The van der Waals surface area contributed by atoms with Crippen LogP contribution in [0.25, 0.3) is 12.2 Å². The SMILES string of the molecule is COc1ccc(/C=C/c2cc(OC)c(OC(C)=O)c(OC)c2)cc1. The average Bonchev–Trinajstić information content (AvgIpc) is 2.60. The van der Waals surface area contributed by atoms with Crippen molar-refractivity contribution in [1.29, 1.82) is 0 Å². The van der Waals surface area contributed by atoms with E-state index in [1.807, 2.05) is 36.4 Å². The Morgan fingerprint density at radius 3 is 1.83 bits per heavy atom. The zero-order chi connectivity index (χ0) is 17.5. The minimum Gasteiger partial charge on any atom is -0.497 e. The Morgan fingerprint density at radius 2 is 1.38 bits per heavy atom. The summed E-state index contributed by atoms with van der Waals surface area (Å²) in [5.41, 5.74) is 1.88. The van der Waals surface area contributed by atoms with E-state index in [0.717, 1.165) is 16.9 Å².